The van der Waals surface area contributed by atoms with E-state index in [1.807, 2.05) is 18.2 Å². The van der Waals surface area contributed by atoms with Gasteiger partial charge in [0.1, 0.15) is 0 Å². The number of nitrogens with one attached hydrogen (secondary N) is 1. The molecule has 0 aromatic heterocycles. The average Bonchev–Trinajstić information content (AvgIpc) is 2.41. The minimum absolute atomic E-state index is 0.598. The largest absolute Gasteiger partial charge is 0.300 e. The van der Waals surface area contributed by atoms with E-state index >= 15 is 0 Å². The lowest BCUT2D eigenvalue weighted by Crippen LogP contribution is -2.02. The van der Waals surface area contributed by atoms with E-state index in [4.69, 9.17) is 5.41 Å². The van der Waals surface area contributed by atoms with Crippen molar-refractivity contribution in [2.24, 2.45) is 0 Å². The lowest BCUT2D eigenvalue weighted by Gasteiger charge is -2.08. The number of hydrogen-bond acceptors (Lipinski definition) is 1. The SMILES string of the molecule is CCc1ccc(C(=N)c2ccc(C)c(C)c2)cc1. The van der Waals surface area contributed by atoms with Crippen LogP contribution in [0.15, 0.2) is 42.5 Å². The van der Waals surface area contributed by atoms with Gasteiger partial charge in [0.25, 0.3) is 0 Å². The molecule has 0 fully saturated rings. The Kier molecular flexibility index (Phi) is 3.61. The van der Waals surface area contributed by atoms with Gasteiger partial charge < -0.3 is 0 Å². The van der Waals surface area contributed by atoms with Crippen molar-refractivity contribution in [3.8, 4) is 0 Å². The van der Waals surface area contributed by atoms with Gasteiger partial charge in [-0.3, -0.25) is 5.41 Å². The summed E-state index contributed by atoms with van der Waals surface area (Å²) in [6.45, 7) is 6.33. The molecule has 0 saturated carbocycles. The van der Waals surface area contributed by atoms with Crippen LogP contribution in [0.1, 0.15) is 34.7 Å². The van der Waals surface area contributed by atoms with Crippen LogP contribution in [-0.2, 0) is 6.42 Å². The molecular formula is C17H19N. The van der Waals surface area contributed by atoms with Crippen LogP contribution in [0.25, 0.3) is 0 Å². The van der Waals surface area contributed by atoms with Gasteiger partial charge in [0.15, 0.2) is 0 Å². The van der Waals surface area contributed by atoms with E-state index in [2.05, 4.69) is 45.0 Å². The zero-order valence-corrected chi connectivity index (χ0v) is 11.2. The summed E-state index contributed by atoms with van der Waals surface area (Å²) >= 11 is 0. The number of aryl methyl sites for hydroxylation is 3. The molecule has 92 valence electrons. The summed E-state index contributed by atoms with van der Waals surface area (Å²) in [5.41, 5.74) is 6.39. The molecule has 1 nitrogen and oxygen atoms in total. The summed E-state index contributed by atoms with van der Waals surface area (Å²) < 4.78 is 0. The van der Waals surface area contributed by atoms with Crippen LogP contribution in [0, 0.1) is 19.3 Å². The molecule has 0 heterocycles. The molecule has 0 radical (unpaired) electrons. The van der Waals surface area contributed by atoms with Crippen LogP contribution in [-0.4, -0.2) is 5.71 Å². The fourth-order valence-corrected chi connectivity index (χ4v) is 1.97. The smallest absolute Gasteiger partial charge is 0.0684 e. The van der Waals surface area contributed by atoms with Gasteiger partial charge in [-0.25, -0.2) is 0 Å². The Hall–Kier alpha value is -1.89. The minimum atomic E-state index is 0.598. The third-order valence-corrected chi connectivity index (χ3v) is 3.45. The molecule has 0 aliphatic carbocycles. The summed E-state index contributed by atoms with van der Waals surface area (Å²) in [6, 6.07) is 14.5. The first-order valence-electron chi connectivity index (χ1n) is 6.37. The maximum Gasteiger partial charge on any atom is 0.0684 e. The third-order valence-electron chi connectivity index (χ3n) is 3.45. The Labute approximate surface area is 109 Å². The molecule has 2 aromatic carbocycles. The van der Waals surface area contributed by atoms with Crippen LogP contribution >= 0.6 is 0 Å². The Morgan fingerprint density at radius 3 is 2.06 bits per heavy atom. The number of rotatable bonds is 3. The average molecular weight is 237 g/mol. The van der Waals surface area contributed by atoms with E-state index in [1.54, 1.807) is 0 Å². The van der Waals surface area contributed by atoms with Crippen LogP contribution in [0.5, 0.6) is 0 Å². The molecule has 18 heavy (non-hydrogen) atoms. The molecule has 0 spiro atoms. The number of hydrogen-bond donors (Lipinski definition) is 1. The van der Waals surface area contributed by atoms with E-state index < -0.39 is 0 Å². The quantitative estimate of drug-likeness (QED) is 0.770. The van der Waals surface area contributed by atoms with Crippen molar-refractivity contribution in [1.29, 1.82) is 5.41 Å². The third kappa shape index (κ3) is 2.51. The van der Waals surface area contributed by atoms with Crippen molar-refractivity contribution >= 4 is 5.71 Å². The normalized spacial score (nSPS) is 10.4. The minimum Gasteiger partial charge on any atom is -0.300 e. The highest BCUT2D eigenvalue weighted by Gasteiger charge is 2.05. The Bertz CT molecular complexity index is 565. The molecule has 2 aromatic rings. The maximum absolute atomic E-state index is 8.27. The van der Waals surface area contributed by atoms with Crippen molar-refractivity contribution in [2.75, 3.05) is 0 Å². The predicted octanol–water partition coefficient (Wildman–Crippen LogP) is 4.28. The summed E-state index contributed by atoms with van der Waals surface area (Å²) in [5.74, 6) is 0. The van der Waals surface area contributed by atoms with Crippen molar-refractivity contribution < 1.29 is 0 Å². The van der Waals surface area contributed by atoms with Gasteiger partial charge in [-0.05, 0) is 43.0 Å². The van der Waals surface area contributed by atoms with Crippen molar-refractivity contribution in [3.05, 3.63) is 70.3 Å². The number of benzene rings is 2. The second kappa shape index (κ2) is 5.18. The Morgan fingerprint density at radius 1 is 0.889 bits per heavy atom. The lowest BCUT2D eigenvalue weighted by atomic mass is 9.98. The molecule has 0 atom stereocenters. The zero-order chi connectivity index (χ0) is 13.1. The highest BCUT2D eigenvalue weighted by molar-refractivity contribution is 6.10. The highest BCUT2D eigenvalue weighted by Crippen LogP contribution is 2.15. The topological polar surface area (TPSA) is 23.9 Å². The van der Waals surface area contributed by atoms with Gasteiger partial charge in [-0.15, -0.1) is 0 Å². The Morgan fingerprint density at radius 2 is 1.50 bits per heavy atom. The first kappa shape index (κ1) is 12.6. The molecule has 2 rings (SSSR count). The molecule has 0 aliphatic rings. The van der Waals surface area contributed by atoms with Crippen LogP contribution in [0.4, 0.5) is 0 Å². The highest BCUT2D eigenvalue weighted by atomic mass is 14.4. The summed E-state index contributed by atoms with van der Waals surface area (Å²) in [7, 11) is 0. The fraction of sp³-hybridized carbons (Fsp3) is 0.235. The maximum atomic E-state index is 8.27. The van der Waals surface area contributed by atoms with Crippen molar-refractivity contribution in [1.82, 2.24) is 0 Å². The molecule has 1 heteroatoms. The molecule has 0 unspecified atom stereocenters. The van der Waals surface area contributed by atoms with Gasteiger partial charge in [0.05, 0.1) is 5.71 Å². The molecule has 0 aliphatic heterocycles. The standard InChI is InChI=1S/C17H19N/c1-4-14-6-9-15(10-7-14)17(18)16-8-5-12(2)13(3)11-16/h5-11,18H,4H2,1-3H3. The second-order valence-corrected chi connectivity index (χ2v) is 4.72. The van der Waals surface area contributed by atoms with E-state index in [1.165, 1.54) is 16.7 Å². The van der Waals surface area contributed by atoms with E-state index in [-0.39, 0.29) is 0 Å². The molecule has 1 N–H and O–H groups in total. The lowest BCUT2D eigenvalue weighted by molar-refractivity contribution is 1.14. The predicted molar refractivity (Wildman–Crippen MR) is 77.7 cm³/mol. The summed E-state index contributed by atoms with van der Waals surface area (Å²) in [5, 5.41) is 8.27. The second-order valence-electron chi connectivity index (χ2n) is 4.72. The molecule has 0 amide bonds. The summed E-state index contributed by atoms with van der Waals surface area (Å²) in [4.78, 5) is 0. The van der Waals surface area contributed by atoms with Gasteiger partial charge in [0, 0.05) is 11.1 Å². The van der Waals surface area contributed by atoms with Gasteiger partial charge >= 0.3 is 0 Å². The van der Waals surface area contributed by atoms with Crippen LogP contribution in [0.3, 0.4) is 0 Å². The summed E-state index contributed by atoms with van der Waals surface area (Å²) in [6.07, 6.45) is 1.04. The zero-order valence-electron chi connectivity index (χ0n) is 11.2. The molecule has 0 saturated heterocycles. The van der Waals surface area contributed by atoms with Gasteiger partial charge in [0.2, 0.25) is 0 Å². The first-order valence-corrected chi connectivity index (χ1v) is 6.37. The van der Waals surface area contributed by atoms with Crippen molar-refractivity contribution in [2.45, 2.75) is 27.2 Å². The monoisotopic (exact) mass is 237 g/mol. The Balaban J connectivity index is 2.32. The molecule has 0 bridgehead atoms. The van der Waals surface area contributed by atoms with E-state index in [0.717, 1.165) is 17.5 Å². The molecular weight excluding hydrogens is 218 g/mol. The van der Waals surface area contributed by atoms with E-state index in [9.17, 15) is 0 Å². The van der Waals surface area contributed by atoms with Crippen LogP contribution in [0.2, 0.25) is 0 Å². The van der Waals surface area contributed by atoms with E-state index in [0.29, 0.717) is 5.71 Å². The van der Waals surface area contributed by atoms with Gasteiger partial charge in [-0.2, -0.15) is 0 Å². The van der Waals surface area contributed by atoms with Crippen molar-refractivity contribution in [3.63, 3.8) is 0 Å². The van der Waals surface area contributed by atoms with Gasteiger partial charge in [-0.1, -0.05) is 43.3 Å². The van der Waals surface area contributed by atoms with Crippen LogP contribution < -0.4 is 0 Å². The fourth-order valence-electron chi connectivity index (χ4n) is 1.97. The first-order chi connectivity index (χ1) is 8.61.